The van der Waals surface area contributed by atoms with E-state index in [0.717, 1.165) is 35.8 Å². The maximum absolute atomic E-state index is 5.95. The minimum Gasteiger partial charge on any atom is -0.493 e. The van der Waals surface area contributed by atoms with Gasteiger partial charge in [-0.05, 0) is 24.3 Å². The lowest BCUT2D eigenvalue weighted by molar-refractivity contribution is 0.138. The molecule has 1 N–H and O–H groups in total. The largest absolute Gasteiger partial charge is 0.493 e. The van der Waals surface area contributed by atoms with Crippen LogP contribution in [0.2, 0.25) is 0 Å². The summed E-state index contributed by atoms with van der Waals surface area (Å²) >= 11 is 0. The summed E-state index contributed by atoms with van der Waals surface area (Å²) in [4.78, 5) is 0. The second kappa shape index (κ2) is 5.32. The number of hydrogen-bond donors (Lipinski definition) is 1. The highest BCUT2D eigenvalue weighted by Gasteiger charge is 2.19. The van der Waals surface area contributed by atoms with Crippen LogP contribution in [0.25, 0.3) is 11.3 Å². The fraction of sp³-hybridized carbons (Fsp3) is 0.357. The second-order valence-corrected chi connectivity index (χ2v) is 4.44. The van der Waals surface area contributed by atoms with Crippen molar-refractivity contribution in [3.8, 4) is 22.8 Å². The number of aromatic nitrogens is 2. The molecular formula is C14H16N2O3. The molecule has 1 aliphatic heterocycles. The standard InChI is InChI=1S/C14H16N2O3/c1-17-13-3-2-10(12-4-6-15-16-12)8-14(13)19-11-5-7-18-9-11/h2-4,6,8,11H,5,7,9H2,1H3,(H,15,16)/t11-/m1/s1. The third-order valence-corrected chi connectivity index (χ3v) is 3.16. The van der Waals surface area contributed by atoms with Gasteiger partial charge in [-0.25, -0.2) is 0 Å². The number of nitrogens with zero attached hydrogens (tertiary/aromatic N) is 1. The van der Waals surface area contributed by atoms with Gasteiger partial charge in [-0.1, -0.05) is 0 Å². The molecule has 100 valence electrons. The molecule has 1 saturated heterocycles. The number of nitrogens with one attached hydrogen (secondary N) is 1. The monoisotopic (exact) mass is 260 g/mol. The van der Waals surface area contributed by atoms with Crippen molar-refractivity contribution in [1.82, 2.24) is 10.2 Å². The maximum Gasteiger partial charge on any atom is 0.162 e. The first-order valence-corrected chi connectivity index (χ1v) is 6.29. The Balaban J connectivity index is 1.88. The van der Waals surface area contributed by atoms with Crippen molar-refractivity contribution in [3.05, 3.63) is 30.5 Å². The highest BCUT2D eigenvalue weighted by atomic mass is 16.6. The van der Waals surface area contributed by atoms with Gasteiger partial charge in [0.2, 0.25) is 0 Å². The van der Waals surface area contributed by atoms with Gasteiger partial charge in [0.15, 0.2) is 11.5 Å². The van der Waals surface area contributed by atoms with E-state index in [2.05, 4.69) is 10.2 Å². The van der Waals surface area contributed by atoms with E-state index in [4.69, 9.17) is 14.2 Å². The van der Waals surface area contributed by atoms with Crippen LogP contribution < -0.4 is 9.47 Å². The average Bonchev–Trinajstić information content (AvgIpc) is 3.11. The molecule has 5 heteroatoms. The number of hydrogen-bond acceptors (Lipinski definition) is 4. The highest BCUT2D eigenvalue weighted by Crippen LogP contribution is 2.33. The molecule has 1 atom stereocenters. The third kappa shape index (κ3) is 2.56. The first-order chi connectivity index (χ1) is 9.36. The molecule has 1 fully saturated rings. The summed E-state index contributed by atoms with van der Waals surface area (Å²) in [6.07, 6.45) is 2.74. The molecule has 1 aliphatic rings. The lowest BCUT2D eigenvalue weighted by Gasteiger charge is -2.15. The Hall–Kier alpha value is -2.01. The smallest absolute Gasteiger partial charge is 0.162 e. The van der Waals surface area contributed by atoms with E-state index in [0.29, 0.717) is 6.61 Å². The predicted molar refractivity (Wildman–Crippen MR) is 70.4 cm³/mol. The minimum absolute atomic E-state index is 0.103. The molecule has 0 radical (unpaired) electrons. The molecular weight excluding hydrogens is 244 g/mol. The molecule has 2 heterocycles. The number of benzene rings is 1. The summed E-state index contributed by atoms with van der Waals surface area (Å²) in [7, 11) is 1.64. The van der Waals surface area contributed by atoms with Crippen LogP contribution >= 0.6 is 0 Å². The van der Waals surface area contributed by atoms with Crippen molar-refractivity contribution in [2.45, 2.75) is 12.5 Å². The van der Waals surface area contributed by atoms with Crippen molar-refractivity contribution >= 4 is 0 Å². The lowest BCUT2D eigenvalue weighted by atomic mass is 10.1. The van der Waals surface area contributed by atoms with Gasteiger partial charge in [-0.3, -0.25) is 5.10 Å². The van der Waals surface area contributed by atoms with Gasteiger partial charge in [-0.15, -0.1) is 0 Å². The van der Waals surface area contributed by atoms with Crippen LogP contribution in [0.4, 0.5) is 0 Å². The van der Waals surface area contributed by atoms with Gasteiger partial charge in [-0.2, -0.15) is 5.10 Å². The normalized spacial score (nSPS) is 18.5. The van der Waals surface area contributed by atoms with E-state index in [-0.39, 0.29) is 6.10 Å². The van der Waals surface area contributed by atoms with E-state index >= 15 is 0 Å². The van der Waals surface area contributed by atoms with Crippen molar-refractivity contribution in [1.29, 1.82) is 0 Å². The Morgan fingerprint density at radius 2 is 2.26 bits per heavy atom. The molecule has 0 unspecified atom stereocenters. The molecule has 0 bridgehead atoms. The molecule has 0 aliphatic carbocycles. The summed E-state index contributed by atoms with van der Waals surface area (Å²) in [6.45, 7) is 1.39. The van der Waals surface area contributed by atoms with Crippen LogP contribution in [-0.4, -0.2) is 36.6 Å². The zero-order chi connectivity index (χ0) is 13.1. The third-order valence-electron chi connectivity index (χ3n) is 3.16. The Labute approximate surface area is 111 Å². The van der Waals surface area contributed by atoms with Crippen LogP contribution in [0.5, 0.6) is 11.5 Å². The fourth-order valence-electron chi connectivity index (χ4n) is 2.14. The van der Waals surface area contributed by atoms with Crippen LogP contribution in [0.15, 0.2) is 30.5 Å². The first-order valence-electron chi connectivity index (χ1n) is 6.29. The zero-order valence-electron chi connectivity index (χ0n) is 10.8. The first kappa shape index (κ1) is 12.0. The fourth-order valence-corrected chi connectivity index (χ4v) is 2.14. The number of ether oxygens (including phenoxy) is 3. The predicted octanol–water partition coefficient (Wildman–Crippen LogP) is 2.25. The van der Waals surface area contributed by atoms with Crippen LogP contribution in [-0.2, 0) is 4.74 Å². The number of aromatic amines is 1. The zero-order valence-corrected chi connectivity index (χ0v) is 10.8. The SMILES string of the molecule is COc1ccc(-c2ccn[nH]2)cc1O[C@@H]1CCOC1. The van der Waals surface area contributed by atoms with Crippen molar-refractivity contribution < 1.29 is 14.2 Å². The lowest BCUT2D eigenvalue weighted by Crippen LogP contribution is -2.16. The summed E-state index contributed by atoms with van der Waals surface area (Å²) in [5.74, 6) is 1.47. The Kier molecular flexibility index (Phi) is 3.37. The van der Waals surface area contributed by atoms with Crippen molar-refractivity contribution in [3.63, 3.8) is 0 Å². The topological polar surface area (TPSA) is 56.4 Å². The average molecular weight is 260 g/mol. The number of methoxy groups -OCH3 is 1. The highest BCUT2D eigenvalue weighted by molar-refractivity contribution is 5.63. The number of rotatable bonds is 4. The second-order valence-electron chi connectivity index (χ2n) is 4.44. The van der Waals surface area contributed by atoms with Gasteiger partial charge in [0.25, 0.3) is 0 Å². The van der Waals surface area contributed by atoms with Crippen LogP contribution in [0.1, 0.15) is 6.42 Å². The quantitative estimate of drug-likeness (QED) is 0.916. The molecule has 0 spiro atoms. The minimum atomic E-state index is 0.103. The van der Waals surface area contributed by atoms with Gasteiger partial charge < -0.3 is 14.2 Å². The van der Waals surface area contributed by atoms with Gasteiger partial charge in [0.05, 0.1) is 26.0 Å². The van der Waals surface area contributed by atoms with Crippen LogP contribution in [0.3, 0.4) is 0 Å². The molecule has 5 nitrogen and oxygen atoms in total. The summed E-state index contributed by atoms with van der Waals surface area (Å²) in [5.41, 5.74) is 1.97. The summed E-state index contributed by atoms with van der Waals surface area (Å²) < 4.78 is 16.6. The van der Waals surface area contributed by atoms with Gasteiger partial charge >= 0.3 is 0 Å². The van der Waals surface area contributed by atoms with E-state index < -0.39 is 0 Å². The van der Waals surface area contributed by atoms with Crippen molar-refractivity contribution in [2.24, 2.45) is 0 Å². The van der Waals surface area contributed by atoms with E-state index in [1.165, 1.54) is 0 Å². The Morgan fingerprint density at radius 1 is 1.32 bits per heavy atom. The van der Waals surface area contributed by atoms with Gasteiger partial charge in [0.1, 0.15) is 6.10 Å². The van der Waals surface area contributed by atoms with E-state index in [9.17, 15) is 0 Å². The Bertz CT molecular complexity index is 534. The van der Waals surface area contributed by atoms with E-state index in [1.54, 1.807) is 13.3 Å². The Morgan fingerprint density at radius 3 is 2.95 bits per heavy atom. The van der Waals surface area contributed by atoms with Crippen LogP contribution in [0, 0.1) is 0 Å². The van der Waals surface area contributed by atoms with Gasteiger partial charge in [0, 0.05) is 18.2 Å². The van der Waals surface area contributed by atoms with Crippen molar-refractivity contribution in [2.75, 3.05) is 20.3 Å². The number of H-pyrrole nitrogens is 1. The van der Waals surface area contributed by atoms with E-state index in [1.807, 2.05) is 24.3 Å². The molecule has 1 aromatic carbocycles. The molecule has 0 amide bonds. The maximum atomic E-state index is 5.95. The molecule has 2 aromatic rings. The molecule has 19 heavy (non-hydrogen) atoms. The molecule has 0 saturated carbocycles. The summed E-state index contributed by atoms with van der Waals surface area (Å²) in [5, 5.41) is 6.90. The summed E-state index contributed by atoms with van der Waals surface area (Å²) in [6, 6.07) is 7.76. The molecule has 3 rings (SSSR count). The molecule has 1 aromatic heterocycles.